The Morgan fingerprint density at radius 3 is 2.92 bits per heavy atom. The Balaban J connectivity index is 1.60. The molecular formula is C18H18FN3O3. The summed E-state index contributed by atoms with van der Waals surface area (Å²) in [5, 5.41) is 4.39. The third-order valence-corrected chi connectivity index (χ3v) is 4.06. The molecule has 0 aliphatic carbocycles. The maximum Gasteiger partial charge on any atom is 0.217 e. The molecule has 0 saturated carbocycles. The van der Waals surface area contributed by atoms with Crippen molar-refractivity contribution in [3.8, 4) is 17.3 Å². The zero-order valence-electron chi connectivity index (χ0n) is 13.6. The third-order valence-electron chi connectivity index (χ3n) is 4.06. The van der Waals surface area contributed by atoms with Gasteiger partial charge >= 0.3 is 0 Å². The van der Waals surface area contributed by atoms with Gasteiger partial charge in [-0.05, 0) is 37.1 Å². The van der Waals surface area contributed by atoms with E-state index in [0.717, 1.165) is 19.4 Å². The minimum Gasteiger partial charge on any atom is -0.461 e. The Hall–Kier alpha value is -2.51. The first-order valence-corrected chi connectivity index (χ1v) is 8.25. The highest BCUT2D eigenvalue weighted by Crippen LogP contribution is 2.21. The molecule has 0 amide bonds. The fourth-order valence-corrected chi connectivity index (χ4v) is 2.82. The van der Waals surface area contributed by atoms with E-state index in [4.69, 9.17) is 13.9 Å². The first-order valence-electron chi connectivity index (χ1n) is 8.25. The zero-order valence-corrected chi connectivity index (χ0v) is 13.6. The van der Waals surface area contributed by atoms with Crippen LogP contribution in [0.5, 0.6) is 0 Å². The standard InChI is InChI=1S/C18H18FN3O3/c19-14-6-1-2-7-15(14)22-17(12-23-11-13-5-3-9-24-13)20-18(21-22)16-8-4-10-25-16/h1-2,4,6-8,10,13H,3,5,9,11-12H2/t13-/m1/s1. The number of nitrogens with zero attached hydrogens (tertiary/aromatic N) is 3. The highest BCUT2D eigenvalue weighted by atomic mass is 19.1. The lowest BCUT2D eigenvalue weighted by Crippen LogP contribution is -2.15. The van der Waals surface area contributed by atoms with Crippen LogP contribution in [0.3, 0.4) is 0 Å². The molecule has 3 heterocycles. The molecule has 0 unspecified atom stereocenters. The first kappa shape index (κ1) is 16.0. The van der Waals surface area contributed by atoms with Crippen LogP contribution in [-0.4, -0.2) is 34.1 Å². The predicted molar refractivity (Wildman–Crippen MR) is 87.6 cm³/mol. The van der Waals surface area contributed by atoms with Gasteiger partial charge in [-0.3, -0.25) is 0 Å². The van der Waals surface area contributed by atoms with Crippen molar-refractivity contribution in [1.29, 1.82) is 0 Å². The lowest BCUT2D eigenvalue weighted by atomic mass is 10.2. The highest BCUT2D eigenvalue weighted by Gasteiger charge is 2.19. The van der Waals surface area contributed by atoms with E-state index >= 15 is 0 Å². The normalized spacial score (nSPS) is 17.2. The Bertz CT molecular complexity index is 826. The number of hydrogen-bond acceptors (Lipinski definition) is 5. The number of aromatic nitrogens is 3. The molecular weight excluding hydrogens is 325 g/mol. The Morgan fingerprint density at radius 1 is 1.24 bits per heavy atom. The van der Waals surface area contributed by atoms with Crippen molar-refractivity contribution in [1.82, 2.24) is 14.8 Å². The van der Waals surface area contributed by atoms with Crippen LogP contribution in [0.25, 0.3) is 17.3 Å². The fraction of sp³-hybridized carbons (Fsp3) is 0.333. The largest absolute Gasteiger partial charge is 0.461 e. The van der Waals surface area contributed by atoms with Crippen molar-refractivity contribution in [2.24, 2.45) is 0 Å². The van der Waals surface area contributed by atoms with E-state index in [9.17, 15) is 4.39 Å². The lowest BCUT2D eigenvalue weighted by Gasteiger charge is -2.10. The van der Waals surface area contributed by atoms with Crippen LogP contribution in [0.4, 0.5) is 4.39 Å². The SMILES string of the molecule is Fc1ccccc1-n1nc(-c2ccco2)nc1COC[C@H]1CCCO1. The van der Waals surface area contributed by atoms with E-state index in [-0.39, 0.29) is 18.5 Å². The number of rotatable bonds is 6. The number of furan rings is 1. The van der Waals surface area contributed by atoms with Gasteiger partial charge in [-0.15, -0.1) is 5.10 Å². The number of hydrogen-bond donors (Lipinski definition) is 0. The minimum atomic E-state index is -0.376. The molecule has 0 spiro atoms. The Kier molecular flexibility index (Phi) is 4.58. The average Bonchev–Trinajstić information content (AvgIpc) is 3.37. The summed E-state index contributed by atoms with van der Waals surface area (Å²) in [7, 11) is 0. The van der Waals surface area contributed by atoms with Gasteiger partial charge in [0.25, 0.3) is 0 Å². The quantitative estimate of drug-likeness (QED) is 0.687. The molecule has 0 bridgehead atoms. The summed E-state index contributed by atoms with van der Waals surface area (Å²) < 4.78 is 32.3. The molecule has 0 N–H and O–H groups in total. The van der Waals surface area contributed by atoms with Crippen LogP contribution in [0.2, 0.25) is 0 Å². The molecule has 2 aromatic heterocycles. The summed E-state index contributed by atoms with van der Waals surface area (Å²) in [5.41, 5.74) is 0.323. The van der Waals surface area contributed by atoms with Gasteiger partial charge in [-0.1, -0.05) is 12.1 Å². The van der Waals surface area contributed by atoms with Crippen LogP contribution in [0, 0.1) is 5.82 Å². The van der Waals surface area contributed by atoms with Gasteiger partial charge in [0, 0.05) is 6.61 Å². The molecule has 1 saturated heterocycles. The second-order valence-electron chi connectivity index (χ2n) is 5.84. The molecule has 1 aliphatic rings. The summed E-state index contributed by atoms with van der Waals surface area (Å²) >= 11 is 0. The fourth-order valence-electron chi connectivity index (χ4n) is 2.82. The second kappa shape index (κ2) is 7.16. The van der Waals surface area contributed by atoms with Gasteiger partial charge in [0.15, 0.2) is 11.6 Å². The molecule has 25 heavy (non-hydrogen) atoms. The predicted octanol–water partition coefficient (Wildman–Crippen LogP) is 3.36. The summed E-state index contributed by atoms with van der Waals surface area (Å²) in [6.07, 6.45) is 3.72. The molecule has 7 heteroatoms. The van der Waals surface area contributed by atoms with Crippen molar-refractivity contribution in [3.63, 3.8) is 0 Å². The molecule has 3 aromatic rings. The molecule has 6 nitrogen and oxygen atoms in total. The van der Waals surface area contributed by atoms with E-state index in [1.165, 1.54) is 10.7 Å². The summed E-state index contributed by atoms with van der Waals surface area (Å²) in [6, 6.07) is 9.95. The highest BCUT2D eigenvalue weighted by molar-refractivity contribution is 5.47. The van der Waals surface area contributed by atoms with E-state index in [0.29, 0.717) is 29.7 Å². The molecule has 0 radical (unpaired) electrons. The molecule has 4 rings (SSSR count). The number of para-hydroxylation sites is 1. The van der Waals surface area contributed by atoms with Gasteiger partial charge in [0.2, 0.25) is 5.82 Å². The first-order chi connectivity index (χ1) is 12.3. The maximum atomic E-state index is 14.2. The van der Waals surface area contributed by atoms with Crippen molar-refractivity contribution in [2.45, 2.75) is 25.6 Å². The molecule has 1 aromatic carbocycles. The number of halogens is 1. The molecule has 1 aliphatic heterocycles. The van der Waals surface area contributed by atoms with Crippen molar-refractivity contribution in [2.75, 3.05) is 13.2 Å². The zero-order chi connectivity index (χ0) is 17.1. The van der Waals surface area contributed by atoms with Crippen molar-refractivity contribution >= 4 is 0 Å². The van der Waals surface area contributed by atoms with Gasteiger partial charge < -0.3 is 13.9 Å². The van der Waals surface area contributed by atoms with Crippen LogP contribution in [0.1, 0.15) is 18.7 Å². The second-order valence-corrected chi connectivity index (χ2v) is 5.84. The van der Waals surface area contributed by atoms with E-state index in [1.807, 2.05) is 0 Å². The van der Waals surface area contributed by atoms with Crippen LogP contribution in [0.15, 0.2) is 47.1 Å². The Morgan fingerprint density at radius 2 is 2.16 bits per heavy atom. The van der Waals surface area contributed by atoms with Crippen LogP contribution >= 0.6 is 0 Å². The molecule has 1 atom stereocenters. The molecule has 1 fully saturated rings. The van der Waals surface area contributed by atoms with E-state index in [1.54, 1.807) is 36.6 Å². The monoisotopic (exact) mass is 343 g/mol. The smallest absolute Gasteiger partial charge is 0.217 e. The summed E-state index contributed by atoms with van der Waals surface area (Å²) in [4.78, 5) is 4.46. The number of ether oxygens (including phenoxy) is 2. The number of benzene rings is 1. The van der Waals surface area contributed by atoms with Gasteiger partial charge in [-0.2, -0.15) is 0 Å². The van der Waals surface area contributed by atoms with E-state index in [2.05, 4.69) is 10.1 Å². The van der Waals surface area contributed by atoms with Crippen molar-refractivity contribution in [3.05, 3.63) is 54.3 Å². The topological polar surface area (TPSA) is 62.3 Å². The summed E-state index contributed by atoms with van der Waals surface area (Å²) in [5.74, 6) is 1.05. The van der Waals surface area contributed by atoms with Crippen LogP contribution in [-0.2, 0) is 16.1 Å². The average molecular weight is 343 g/mol. The van der Waals surface area contributed by atoms with E-state index < -0.39 is 0 Å². The molecule has 130 valence electrons. The third kappa shape index (κ3) is 3.47. The van der Waals surface area contributed by atoms with Gasteiger partial charge in [-0.25, -0.2) is 14.1 Å². The maximum absolute atomic E-state index is 14.2. The van der Waals surface area contributed by atoms with Crippen molar-refractivity contribution < 1.29 is 18.3 Å². The van der Waals surface area contributed by atoms with Crippen LogP contribution < -0.4 is 0 Å². The summed E-state index contributed by atoms with van der Waals surface area (Å²) in [6.45, 7) is 1.48. The van der Waals surface area contributed by atoms with Gasteiger partial charge in [0.1, 0.15) is 18.1 Å². The lowest BCUT2D eigenvalue weighted by molar-refractivity contribution is 0.00816. The minimum absolute atomic E-state index is 0.120. The Labute approximate surface area is 144 Å². The van der Waals surface area contributed by atoms with Gasteiger partial charge in [0.05, 0.1) is 19.0 Å².